The molecule has 2 aliphatic heterocycles. The van der Waals surface area contributed by atoms with E-state index in [0.29, 0.717) is 41.3 Å². The molecule has 2 saturated heterocycles. The van der Waals surface area contributed by atoms with Crippen molar-refractivity contribution < 1.29 is 13.9 Å². The van der Waals surface area contributed by atoms with Gasteiger partial charge >= 0.3 is 0 Å². The Kier molecular flexibility index (Phi) is 8.71. The number of carbonyl (C=O) groups excluding carboxylic acids is 1. The Morgan fingerprint density at radius 2 is 1.87 bits per heavy atom. The first-order valence-corrected chi connectivity index (χ1v) is 15.5. The van der Waals surface area contributed by atoms with Gasteiger partial charge in [0.1, 0.15) is 46.8 Å². The van der Waals surface area contributed by atoms with Gasteiger partial charge in [-0.25, -0.2) is 19.0 Å². The molecule has 0 radical (unpaired) electrons. The summed E-state index contributed by atoms with van der Waals surface area (Å²) in [5.74, 6) is 0.286. The SMILES string of the molecule is CN1CCN(C(C)(C)/C=C(/C#N)C(=O)N2CCC[C@@H]2Cn2nc(-c3ccc(Oc4ccccc4)cc3F)c3c(N)ncnc32)CC1. The van der Waals surface area contributed by atoms with Crippen molar-refractivity contribution in [2.45, 2.75) is 44.8 Å². The van der Waals surface area contributed by atoms with Crippen molar-refractivity contribution in [3.05, 3.63) is 72.3 Å². The van der Waals surface area contributed by atoms with Crippen LogP contribution in [0, 0.1) is 17.1 Å². The normalized spacial score (nSPS) is 18.2. The zero-order valence-corrected chi connectivity index (χ0v) is 26.4. The number of para-hydroxylation sites is 1. The van der Waals surface area contributed by atoms with Gasteiger partial charge in [0.25, 0.3) is 5.91 Å². The maximum Gasteiger partial charge on any atom is 0.264 e. The number of ether oxygens (including phenoxy) is 1. The van der Waals surface area contributed by atoms with Gasteiger partial charge in [-0.05, 0) is 64.1 Å². The molecule has 238 valence electrons. The molecule has 11 nitrogen and oxygen atoms in total. The Hall–Kier alpha value is -4.86. The summed E-state index contributed by atoms with van der Waals surface area (Å²) in [6.45, 7) is 8.52. The van der Waals surface area contributed by atoms with Crippen LogP contribution in [0.25, 0.3) is 22.3 Å². The fraction of sp³-hybridized carbons (Fsp3) is 0.382. The summed E-state index contributed by atoms with van der Waals surface area (Å²) in [4.78, 5) is 28.7. The molecule has 0 unspecified atom stereocenters. The minimum Gasteiger partial charge on any atom is -0.457 e. The van der Waals surface area contributed by atoms with Gasteiger partial charge in [0, 0.05) is 49.9 Å². The molecule has 12 heteroatoms. The predicted octanol–water partition coefficient (Wildman–Crippen LogP) is 4.47. The van der Waals surface area contributed by atoms with Crippen LogP contribution in [-0.4, -0.2) is 91.7 Å². The van der Waals surface area contributed by atoms with Crippen molar-refractivity contribution in [1.82, 2.24) is 34.4 Å². The number of rotatable bonds is 8. The Bertz CT molecular complexity index is 1810. The van der Waals surface area contributed by atoms with Crippen LogP contribution < -0.4 is 10.5 Å². The summed E-state index contributed by atoms with van der Waals surface area (Å²) in [6, 6.07) is 15.7. The molecule has 46 heavy (non-hydrogen) atoms. The van der Waals surface area contributed by atoms with E-state index >= 15 is 4.39 Å². The smallest absolute Gasteiger partial charge is 0.264 e. The average Bonchev–Trinajstić information content (AvgIpc) is 3.66. The molecular weight excluding hydrogens is 585 g/mol. The lowest BCUT2D eigenvalue weighted by Gasteiger charge is -2.42. The van der Waals surface area contributed by atoms with E-state index in [-0.39, 0.29) is 28.9 Å². The van der Waals surface area contributed by atoms with Crippen LogP contribution in [0.15, 0.2) is 66.5 Å². The van der Waals surface area contributed by atoms with Gasteiger partial charge in [-0.15, -0.1) is 0 Å². The van der Waals surface area contributed by atoms with Gasteiger partial charge < -0.3 is 20.3 Å². The summed E-state index contributed by atoms with van der Waals surface area (Å²) in [5, 5.41) is 15.3. The Morgan fingerprint density at radius 3 is 2.59 bits per heavy atom. The molecule has 1 atom stereocenters. The predicted molar refractivity (Wildman–Crippen MR) is 173 cm³/mol. The monoisotopic (exact) mass is 623 g/mol. The molecule has 1 amide bonds. The molecule has 2 aromatic carbocycles. The van der Waals surface area contributed by atoms with Crippen LogP contribution in [0.2, 0.25) is 0 Å². The number of benzene rings is 2. The second kappa shape index (κ2) is 12.9. The highest BCUT2D eigenvalue weighted by Crippen LogP contribution is 2.35. The number of fused-ring (bicyclic) bond motifs is 1. The summed E-state index contributed by atoms with van der Waals surface area (Å²) in [7, 11) is 2.10. The molecule has 2 aromatic heterocycles. The fourth-order valence-electron chi connectivity index (χ4n) is 6.34. The van der Waals surface area contributed by atoms with E-state index in [1.165, 1.54) is 12.4 Å². The van der Waals surface area contributed by atoms with Crippen molar-refractivity contribution in [2.24, 2.45) is 0 Å². The molecule has 6 rings (SSSR count). The van der Waals surface area contributed by atoms with E-state index < -0.39 is 11.4 Å². The second-order valence-electron chi connectivity index (χ2n) is 12.5. The first-order chi connectivity index (χ1) is 22.1. The molecule has 2 N–H and O–H groups in total. The number of hydrogen-bond acceptors (Lipinski definition) is 9. The maximum atomic E-state index is 15.6. The highest BCUT2D eigenvalue weighted by Gasteiger charge is 2.35. The molecule has 4 aromatic rings. The first kappa shape index (κ1) is 31.1. The standard InChI is InChI=1S/C34H38FN9O2/c1-34(2,42-16-14-41(3)15-17-42)19-23(20-36)33(45)43-13-7-8-24(43)21-44-32-29(31(37)38-22-39-32)30(40-44)27-12-11-26(18-28(27)35)46-25-9-5-4-6-10-25/h4-6,9-12,18-19,22,24H,7-8,13-17,21H2,1-3H3,(H2,37,38,39)/b23-19-/t24-/m1/s1. The van der Waals surface area contributed by atoms with E-state index in [0.717, 1.165) is 39.0 Å². The lowest BCUT2D eigenvalue weighted by atomic mass is 9.97. The molecule has 0 spiro atoms. The van der Waals surface area contributed by atoms with E-state index in [9.17, 15) is 10.1 Å². The third-order valence-corrected chi connectivity index (χ3v) is 8.92. The van der Waals surface area contributed by atoms with Gasteiger partial charge in [0.05, 0.1) is 18.0 Å². The van der Waals surface area contributed by atoms with Crippen molar-refractivity contribution in [1.29, 1.82) is 5.26 Å². The molecule has 0 saturated carbocycles. The number of halogens is 1. The molecule has 2 fully saturated rings. The number of hydrogen-bond donors (Lipinski definition) is 1. The van der Waals surface area contributed by atoms with Gasteiger partial charge in [-0.2, -0.15) is 10.4 Å². The minimum atomic E-state index is -0.535. The summed E-state index contributed by atoms with van der Waals surface area (Å²) < 4.78 is 23.1. The quantitative estimate of drug-likeness (QED) is 0.223. The van der Waals surface area contributed by atoms with E-state index in [1.54, 1.807) is 39.9 Å². The molecule has 0 aliphatic carbocycles. The van der Waals surface area contributed by atoms with E-state index in [4.69, 9.17) is 15.6 Å². The number of aromatic nitrogens is 4. The Morgan fingerprint density at radius 1 is 1.11 bits per heavy atom. The van der Waals surface area contributed by atoms with Crippen LogP contribution in [0.4, 0.5) is 10.2 Å². The van der Waals surface area contributed by atoms with Crippen molar-refractivity contribution >= 4 is 22.8 Å². The van der Waals surface area contributed by atoms with Gasteiger partial charge in [-0.3, -0.25) is 9.69 Å². The molecule has 4 heterocycles. The second-order valence-corrected chi connectivity index (χ2v) is 12.5. The Labute approximate surface area is 267 Å². The number of anilines is 1. The number of likely N-dealkylation sites (N-methyl/N-ethyl adjacent to an activating group) is 1. The number of piperazine rings is 1. The summed E-state index contributed by atoms with van der Waals surface area (Å²) in [6.07, 6.45) is 4.67. The number of carbonyl (C=O) groups is 1. The number of nitrogen functional groups attached to an aromatic ring is 1. The van der Waals surface area contributed by atoms with Crippen molar-refractivity contribution in [2.75, 3.05) is 45.5 Å². The highest BCUT2D eigenvalue weighted by atomic mass is 19.1. The minimum absolute atomic E-state index is 0.133. The van der Waals surface area contributed by atoms with Crippen LogP contribution >= 0.6 is 0 Å². The van der Waals surface area contributed by atoms with Gasteiger partial charge in [0.2, 0.25) is 0 Å². The number of likely N-dealkylation sites (tertiary alicyclic amines) is 1. The number of amides is 1. The highest BCUT2D eigenvalue weighted by molar-refractivity contribution is 5.99. The third kappa shape index (κ3) is 6.29. The fourth-order valence-corrected chi connectivity index (χ4v) is 6.34. The molecule has 2 aliphatic rings. The number of nitriles is 1. The van der Waals surface area contributed by atoms with Crippen molar-refractivity contribution in [3.63, 3.8) is 0 Å². The van der Waals surface area contributed by atoms with E-state index in [2.05, 4.69) is 32.9 Å². The lowest BCUT2D eigenvalue weighted by Crippen LogP contribution is -2.53. The maximum absolute atomic E-state index is 15.6. The number of nitrogens with two attached hydrogens (primary N) is 1. The van der Waals surface area contributed by atoms with Gasteiger partial charge in [-0.1, -0.05) is 18.2 Å². The Balaban J connectivity index is 1.26. The zero-order chi connectivity index (χ0) is 32.4. The topological polar surface area (TPSA) is 129 Å². The van der Waals surface area contributed by atoms with Crippen LogP contribution in [0.3, 0.4) is 0 Å². The average molecular weight is 624 g/mol. The summed E-state index contributed by atoms with van der Waals surface area (Å²) >= 11 is 0. The first-order valence-electron chi connectivity index (χ1n) is 15.5. The van der Waals surface area contributed by atoms with Gasteiger partial charge in [0.15, 0.2) is 5.65 Å². The van der Waals surface area contributed by atoms with Crippen molar-refractivity contribution in [3.8, 4) is 28.8 Å². The van der Waals surface area contributed by atoms with Crippen LogP contribution in [0.1, 0.15) is 26.7 Å². The third-order valence-electron chi connectivity index (χ3n) is 8.92. The number of nitrogens with zero attached hydrogens (tertiary/aromatic N) is 8. The summed E-state index contributed by atoms with van der Waals surface area (Å²) in [5.41, 5.74) is 6.95. The zero-order valence-electron chi connectivity index (χ0n) is 26.4. The van der Waals surface area contributed by atoms with Crippen LogP contribution in [-0.2, 0) is 11.3 Å². The molecular formula is C34H38FN9O2. The van der Waals surface area contributed by atoms with Crippen LogP contribution in [0.5, 0.6) is 11.5 Å². The van der Waals surface area contributed by atoms with E-state index in [1.807, 2.05) is 32.0 Å². The lowest BCUT2D eigenvalue weighted by molar-refractivity contribution is -0.127. The largest absolute Gasteiger partial charge is 0.457 e. The molecule has 0 bridgehead atoms.